The Morgan fingerprint density at radius 3 is 3.00 bits per heavy atom. The Balaban J connectivity index is 1.57. The number of rotatable bonds is 3. The number of aromatic amines is 1. The molecule has 0 amide bonds. The van der Waals surface area contributed by atoms with Crippen molar-refractivity contribution in [3.63, 3.8) is 0 Å². The van der Waals surface area contributed by atoms with Gasteiger partial charge in [-0.2, -0.15) is 5.10 Å². The summed E-state index contributed by atoms with van der Waals surface area (Å²) in [7, 11) is 0. The maximum absolute atomic E-state index is 12.2. The third-order valence-corrected chi connectivity index (χ3v) is 5.51. The maximum atomic E-state index is 12.2. The average molecular weight is 358 g/mol. The Hall–Kier alpha value is -3.22. The molecule has 0 bridgehead atoms. The van der Waals surface area contributed by atoms with Crippen LogP contribution in [0.4, 0.5) is 0 Å². The molecule has 2 aliphatic rings. The third-order valence-electron chi connectivity index (χ3n) is 5.51. The molecule has 0 saturated heterocycles. The van der Waals surface area contributed by atoms with Crippen molar-refractivity contribution >= 4 is 10.9 Å². The molecule has 4 heterocycles. The van der Waals surface area contributed by atoms with Gasteiger partial charge in [-0.05, 0) is 37.5 Å². The van der Waals surface area contributed by atoms with Gasteiger partial charge in [0, 0.05) is 24.7 Å². The predicted molar refractivity (Wildman–Crippen MR) is 101 cm³/mol. The van der Waals surface area contributed by atoms with E-state index in [0.717, 1.165) is 47.9 Å². The van der Waals surface area contributed by atoms with E-state index in [0.29, 0.717) is 16.9 Å². The number of hydrogen-bond donors (Lipinski definition) is 1. The van der Waals surface area contributed by atoms with Crippen LogP contribution in [0.3, 0.4) is 0 Å². The number of aryl methyl sites for hydroxylation is 1. The number of nitrogens with one attached hydrogen (secondary N) is 1. The van der Waals surface area contributed by atoms with Crippen LogP contribution in [-0.2, 0) is 13.0 Å². The van der Waals surface area contributed by atoms with E-state index >= 15 is 0 Å². The summed E-state index contributed by atoms with van der Waals surface area (Å²) in [6, 6.07) is 8.45. The van der Waals surface area contributed by atoms with E-state index < -0.39 is 0 Å². The molecule has 1 N–H and O–H groups in total. The quantitative estimate of drug-likeness (QED) is 0.610. The lowest BCUT2D eigenvalue weighted by Crippen LogP contribution is -2.06. The standard InChI is InChI=1S/C20H18N6O/c27-20-14-10-12(3-6-15(14)21-11-22-20)19-18(23-17-2-1-8-25(17)19)16-7-9-26(24-16)13-4-5-13/h3,6-7,9-11,13H,1-2,4-5,8H2,(H,21,22,27). The molecule has 0 unspecified atom stereocenters. The van der Waals surface area contributed by atoms with Gasteiger partial charge < -0.3 is 9.55 Å². The Labute approximate surface area is 154 Å². The van der Waals surface area contributed by atoms with Crippen molar-refractivity contribution in [1.29, 1.82) is 0 Å². The van der Waals surface area contributed by atoms with Crippen LogP contribution in [0.25, 0.3) is 33.5 Å². The summed E-state index contributed by atoms with van der Waals surface area (Å²) >= 11 is 0. The fourth-order valence-electron chi connectivity index (χ4n) is 4.02. The topological polar surface area (TPSA) is 81.4 Å². The van der Waals surface area contributed by atoms with Crippen LogP contribution in [0.2, 0.25) is 0 Å². The van der Waals surface area contributed by atoms with Crippen molar-refractivity contribution in [2.45, 2.75) is 38.3 Å². The van der Waals surface area contributed by atoms with E-state index in [-0.39, 0.29) is 5.56 Å². The molecule has 0 radical (unpaired) electrons. The van der Waals surface area contributed by atoms with E-state index in [4.69, 9.17) is 10.1 Å². The van der Waals surface area contributed by atoms with Crippen molar-refractivity contribution in [3.05, 3.63) is 53.0 Å². The molecule has 1 aromatic carbocycles. The number of nitrogens with zero attached hydrogens (tertiary/aromatic N) is 5. The van der Waals surface area contributed by atoms with Gasteiger partial charge in [0.15, 0.2) is 0 Å². The summed E-state index contributed by atoms with van der Waals surface area (Å²) in [5.41, 5.74) is 4.42. The minimum absolute atomic E-state index is 0.123. The zero-order chi connectivity index (χ0) is 18.0. The second kappa shape index (κ2) is 5.39. The first-order chi connectivity index (χ1) is 13.3. The average Bonchev–Trinajstić information content (AvgIpc) is 3.09. The molecule has 7 nitrogen and oxygen atoms in total. The number of H-pyrrole nitrogens is 1. The van der Waals surface area contributed by atoms with Crippen molar-refractivity contribution in [2.75, 3.05) is 0 Å². The van der Waals surface area contributed by atoms with Crippen LogP contribution >= 0.6 is 0 Å². The van der Waals surface area contributed by atoms with Crippen LogP contribution < -0.4 is 5.56 Å². The first-order valence-electron chi connectivity index (χ1n) is 9.41. The zero-order valence-electron chi connectivity index (χ0n) is 14.7. The number of fused-ring (bicyclic) bond motifs is 2. The van der Waals surface area contributed by atoms with Crippen molar-refractivity contribution in [3.8, 4) is 22.6 Å². The second-order valence-corrected chi connectivity index (χ2v) is 7.36. The van der Waals surface area contributed by atoms with E-state index in [2.05, 4.69) is 31.5 Å². The molecule has 1 aliphatic carbocycles. The Bertz CT molecular complexity index is 1240. The predicted octanol–water partition coefficient (Wildman–Crippen LogP) is 2.93. The molecular weight excluding hydrogens is 340 g/mol. The summed E-state index contributed by atoms with van der Waals surface area (Å²) in [4.78, 5) is 24.1. The summed E-state index contributed by atoms with van der Waals surface area (Å²) in [5.74, 6) is 1.10. The minimum Gasteiger partial charge on any atom is -0.327 e. The van der Waals surface area contributed by atoms with Crippen molar-refractivity contribution in [1.82, 2.24) is 29.3 Å². The van der Waals surface area contributed by atoms with Crippen molar-refractivity contribution < 1.29 is 0 Å². The molecular formula is C20H18N6O. The molecule has 0 atom stereocenters. The van der Waals surface area contributed by atoms with E-state index in [1.165, 1.54) is 19.2 Å². The second-order valence-electron chi connectivity index (χ2n) is 7.36. The normalized spacial score (nSPS) is 16.1. The molecule has 27 heavy (non-hydrogen) atoms. The molecule has 1 saturated carbocycles. The highest BCUT2D eigenvalue weighted by Crippen LogP contribution is 2.38. The van der Waals surface area contributed by atoms with Gasteiger partial charge in [0.05, 0.1) is 29.0 Å². The first kappa shape index (κ1) is 14.9. The number of aromatic nitrogens is 6. The monoisotopic (exact) mass is 358 g/mol. The molecule has 7 heteroatoms. The third kappa shape index (κ3) is 2.27. The number of imidazole rings is 1. The molecule has 1 fully saturated rings. The molecule has 6 rings (SSSR count). The van der Waals surface area contributed by atoms with Gasteiger partial charge in [0.1, 0.15) is 17.2 Å². The highest BCUT2D eigenvalue weighted by atomic mass is 16.1. The lowest BCUT2D eigenvalue weighted by atomic mass is 10.1. The van der Waals surface area contributed by atoms with Crippen molar-refractivity contribution in [2.24, 2.45) is 0 Å². The van der Waals surface area contributed by atoms with Gasteiger partial charge in [-0.25, -0.2) is 9.97 Å². The van der Waals surface area contributed by atoms with Crippen LogP contribution in [0, 0.1) is 0 Å². The van der Waals surface area contributed by atoms with Gasteiger partial charge in [-0.15, -0.1) is 0 Å². The largest absolute Gasteiger partial charge is 0.327 e. The molecule has 3 aromatic heterocycles. The fourth-order valence-corrected chi connectivity index (χ4v) is 4.02. The molecule has 4 aromatic rings. The van der Waals surface area contributed by atoms with E-state index in [1.54, 1.807) is 0 Å². The van der Waals surface area contributed by atoms with Gasteiger partial charge in [0.2, 0.25) is 0 Å². The Morgan fingerprint density at radius 2 is 2.11 bits per heavy atom. The summed E-state index contributed by atoms with van der Waals surface area (Å²) in [5, 5.41) is 5.38. The van der Waals surface area contributed by atoms with Gasteiger partial charge in [0.25, 0.3) is 5.56 Å². The summed E-state index contributed by atoms with van der Waals surface area (Å²) < 4.78 is 4.33. The first-order valence-corrected chi connectivity index (χ1v) is 9.41. The molecule has 134 valence electrons. The molecule has 1 aliphatic heterocycles. The van der Waals surface area contributed by atoms with Crippen LogP contribution in [0.1, 0.15) is 31.1 Å². The highest BCUT2D eigenvalue weighted by molar-refractivity contribution is 5.86. The molecule has 0 spiro atoms. The number of hydrogen-bond acceptors (Lipinski definition) is 4. The SMILES string of the molecule is O=c1[nH]cnc2ccc(-c3c(-c4ccn(C5CC5)n4)nc4n3CCC4)cc12. The van der Waals surface area contributed by atoms with Gasteiger partial charge in [-0.1, -0.05) is 6.07 Å². The van der Waals surface area contributed by atoms with Gasteiger partial charge >= 0.3 is 0 Å². The summed E-state index contributed by atoms with van der Waals surface area (Å²) in [6.07, 6.45) is 7.98. The minimum atomic E-state index is -0.123. The fraction of sp³-hybridized carbons (Fsp3) is 0.300. The summed E-state index contributed by atoms with van der Waals surface area (Å²) in [6.45, 7) is 0.947. The van der Waals surface area contributed by atoms with E-state index in [9.17, 15) is 4.79 Å². The van der Waals surface area contributed by atoms with E-state index in [1.807, 2.05) is 18.2 Å². The number of benzene rings is 1. The highest BCUT2D eigenvalue weighted by Gasteiger charge is 2.27. The van der Waals surface area contributed by atoms with Crippen LogP contribution in [0.5, 0.6) is 0 Å². The lowest BCUT2D eigenvalue weighted by molar-refractivity contribution is 0.643. The Kier molecular flexibility index (Phi) is 2.97. The van der Waals surface area contributed by atoms with Crippen LogP contribution in [-0.4, -0.2) is 29.3 Å². The zero-order valence-corrected chi connectivity index (χ0v) is 14.7. The maximum Gasteiger partial charge on any atom is 0.258 e. The van der Waals surface area contributed by atoms with Crippen LogP contribution in [0.15, 0.2) is 41.6 Å². The Morgan fingerprint density at radius 1 is 1.19 bits per heavy atom. The van der Waals surface area contributed by atoms with Gasteiger partial charge in [-0.3, -0.25) is 9.48 Å². The lowest BCUT2D eigenvalue weighted by Gasteiger charge is -2.08. The smallest absolute Gasteiger partial charge is 0.258 e.